The van der Waals surface area contributed by atoms with Gasteiger partial charge in [0.25, 0.3) is 0 Å². The molecule has 2 nitrogen and oxygen atoms in total. The molecule has 3 heteroatoms. The van der Waals surface area contributed by atoms with Gasteiger partial charge in [0.1, 0.15) is 5.25 Å². The summed E-state index contributed by atoms with van der Waals surface area (Å²) in [5.74, 6) is -0.203. The number of nitriles is 1. The molecule has 0 saturated heterocycles. The van der Waals surface area contributed by atoms with Crippen LogP contribution < -0.4 is 0 Å². The minimum absolute atomic E-state index is 0.203. The summed E-state index contributed by atoms with van der Waals surface area (Å²) in [4.78, 5) is 10.1. The molecule has 1 unspecified atom stereocenters. The Labute approximate surface area is 47.5 Å². The van der Waals surface area contributed by atoms with Gasteiger partial charge >= 0.3 is 0 Å². The minimum atomic E-state index is -0.736. The maximum absolute atomic E-state index is 10.1. The monoisotopic (exact) mass is 116 g/mol. The molecule has 0 rings (SSSR count). The van der Waals surface area contributed by atoms with E-state index in [1.165, 1.54) is 6.92 Å². The Hall–Kier alpha value is -0.490. The molecule has 0 N–H and O–H groups in total. The highest BCUT2D eigenvalue weighted by Crippen LogP contribution is 1.91. The molecular weight excluding hydrogens is 111 g/mol. The lowest BCUT2D eigenvalue weighted by molar-refractivity contribution is -0.115. The van der Waals surface area contributed by atoms with E-state index in [1.807, 2.05) is 0 Å². The van der Waals surface area contributed by atoms with Crippen LogP contribution in [0.25, 0.3) is 0 Å². The first-order valence-electron chi connectivity index (χ1n) is 1.76. The lowest BCUT2D eigenvalue weighted by Crippen LogP contribution is -2.05. The van der Waals surface area contributed by atoms with E-state index in [4.69, 9.17) is 5.26 Å². The average Bonchev–Trinajstić information content (AvgIpc) is 1.65. The summed E-state index contributed by atoms with van der Waals surface area (Å²) in [6.07, 6.45) is 0. The van der Waals surface area contributed by atoms with Gasteiger partial charge in [-0.05, 0) is 6.92 Å². The molecule has 0 amide bonds. The summed E-state index contributed by atoms with van der Waals surface area (Å²) in [5.41, 5.74) is 0. The fraction of sp³-hybridized carbons (Fsp3) is 0.500. The normalized spacial score (nSPS) is 12.1. The summed E-state index contributed by atoms with van der Waals surface area (Å²) < 4.78 is 0. The van der Waals surface area contributed by atoms with Crippen LogP contribution in [0.3, 0.4) is 0 Å². The first-order chi connectivity index (χ1) is 3.18. The van der Waals surface area contributed by atoms with Crippen molar-refractivity contribution < 1.29 is 4.79 Å². The van der Waals surface area contributed by atoms with Crippen molar-refractivity contribution in [1.29, 1.82) is 5.26 Å². The third kappa shape index (κ3) is 2.24. The Morgan fingerprint density at radius 3 is 2.43 bits per heavy atom. The summed E-state index contributed by atoms with van der Waals surface area (Å²) >= 11 is 3.61. The van der Waals surface area contributed by atoms with Gasteiger partial charge in [-0.15, -0.1) is 0 Å². The second-order valence-corrected chi connectivity index (χ2v) is 1.66. The van der Waals surface area contributed by atoms with Crippen LogP contribution in [0.4, 0.5) is 0 Å². The molecule has 0 aliphatic carbocycles. The Morgan fingerprint density at radius 2 is 2.43 bits per heavy atom. The molecule has 0 saturated carbocycles. The molecule has 0 bridgehead atoms. The lowest BCUT2D eigenvalue weighted by Gasteiger charge is -1.86. The van der Waals surface area contributed by atoms with E-state index in [9.17, 15) is 4.79 Å². The van der Waals surface area contributed by atoms with E-state index >= 15 is 0 Å². The summed E-state index contributed by atoms with van der Waals surface area (Å²) in [6.45, 7) is 1.33. The average molecular weight is 116 g/mol. The smallest absolute Gasteiger partial charge is 0.156 e. The van der Waals surface area contributed by atoms with Gasteiger partial charge in [-0.1, -0.05) is 0 Å². The van der Waals surface area contributed by atoms with Crippen molar-refractivity contribution in [3.8, 4) is 6.07 Å². The van der Waals surface area contributed by atoms with Crippen LogP contribution in [0.5, 0.6) is 0 Å². The lowest BCUT2D eigenvalue weighted by atomic mass is 10.4. The highest BCUT2D eigenvalue weighted by Gasteiger charge is 2.03. The molecule has 7 heavy (non-hydrogen) atoms. The quantitative estimate of drug-likeness (QED) is 0.398. The van der Waals surface area contributed by atoms with Gasteiger partial charge in [0.2, 0.25) is 0 Å². The van der Waals surface area contributed by atoms with Crippen molar-refractivity contribution in [2.75, 3.05) is 0 Å². The predicted octanol–water partition coefficient (Wildman–Crippen LogP) is 0.397. The van der Waals surface area contributed by atoms with Crippen molar-refractivity contribution in [2.24, 2.45) is 0 Å². The molecule has 1 atom stereocenters. The largest absolute Gasteiger partial charge is 0.298 e. The zero-order valence-electron chi connectivity index (χ0n) is 3.88. The minimum Gasteiger partial charge on any atom is -0.298 e. The molecular formula is C4H5NOS. The first kappa shape index (κ1) is 6.51. The van der Waals surface area contributed by atoms with Crippen LogP contribution in [0.1, 0.15) is 6.92 Å². The van der Waals surface area contributed by atoms with E-state index < -0.39 is 5.25 Å². The van der Waals surface area contributed by atoms with Crippen LogP contribution >= 0.6 is 12.6 Å². The number of ketones is 1. The highest BCUT2D eigenvalue weighted by molar-refractivity contribution is 7.82. The van der Waals surface area contributed by atoms with Crippen molar-refractivity contribution in [3.05, 3.63) is 0 Å². The van der Waals surface area contributed by atoms with Gasteiger partial charge in [-0.2, -0.15) is 17.9 Å². The third-order valence-corrected chi connectivity index (χ3v) is 0.986. The molecule has 0 heterocycles. The molecule has 0 aromatic rings. The fourth-order valence-corrected chi connectivity index (χ4v) is 0.0909. The maximum atomic E-state index is 10.1. The van der Waals surface area contributed by atoms with Gasteiger partial charge < -0.3 is 0 Å². The van der Waals surface area contributed by atoms with Crippen LogP contribution in [0, 0.1) is 11.3 Å². The Balaban J connectivity index is 3.63. The molecule has 0 radical (unpaired) electrons. The molecule has 0 fully saturated rings. The second kappa shape index (κ2) is 2.64. The van der Waals surface area contributed by atoms with Crippen LogP contribution in [0.15, 0.2) is 0 Å². The van der Waals surface area contributed by atoms with Crippen molar-refractivity contribution in [2.45, 2.75) is 12.2 Å². The standard InChI is InChI=1S/C4H5NOS/c1-3(6)4(7)2-5/h4,7H,1H3/i2+1. The Morgan fingerprint density at radius 1 is 2.00 bits per heavy atom. The van der Waals surface area contributed by atoms with E-state index in [2.05, 4.69) is 12.6 Å². The van der Waals surface area contributed by atoms with Crippen molar-refractivity contribution in [3.63, 3.8) is 0 Å². The van der Waals surface area contributed by atoms with Gasteiger partial charge in [0.05, 0.1) is 6.07 Å². The molecule has 0 spiro atoms. The van der Waals surface area contributed by atoms with Gasteiger partial charge in [0, 0.05) is 0 Å². The summed E-state index contributed by atoms with van der Waals surface area (Å²) in [5, 5.41) is 7.22. The zero-order valence-corrected chi connectivity index (χ0v) is 4.77. The number of Topliss-reactive ketones (excluding diaryl/α,β-unsaturated/α-hetero) is 1. The fourth-order valence-electron chi connectivity index (χ4n) is 0.0909. The zero-order chi connectivity index (χ0) is 5.86. The number of carbonyl (C=O) groups excluding carboxylic acids is 1. The van der Waals surface area contributed by atoms with Crippen LogP contribution in [-0.2, 0) is 4.79 Å². The van der Waals surface area contributed by atoms with Crippen molar-refractivity contribution in [1.82, 2.24) is 0 Å². The third-order valence-electron chi connectivity index (χ3n) is 0.507. The number of hydrogen-bond donors (Lipinski definition) is 1. The number of hydrogen-bond acceptors (Lipinski definition) is 3. The molecule has 0 aliphatic rings. The molecule has 0 aromatic heterocycles. The number of carbonyl (C=O) groups is 1. The van der Waals surface area contributed by atoms with E-state index in [0.29, 0.717) is 0 Å². The predicted molar refractivity (Wildman–Crippen MR) is 29.1 cm³/mol. The molecule has 0 aromatic carbocycles. The topological polar surface area (TPSA) is 40.9 Å². The number of nitrogens with zero attached hydrogens (tertiary/aromatic N) is 1. The van der Waals surface area contributed by atoms with Crippen LogP contribution in [-0.4, -0.2) is 11.0 Å². The van der Waals surface area contributed by atoms with Crippen LogP contribution in [0.2, 0.25) is 0 Å². The van der Waals surface area contributed by atoms with Gasteiger partial charge in [-0.25, -0.2) is 0 Å². The molecule has 38 valence electrons. The SMILES string of the molecule is CC(=O)C(S)[13C]#N. The van der Waals surface area contributed by atoms with E-state index in [-0.39, 0.29) is 5.78 Å². The molecule has 0 aliphatic heterocycles. The Bertz CT molecular complexity index is 115. The Kier molecular flexibility index (Phi) is 2.46. The summed E-state index contributed by atoms with van der Waals surface area (Å²) in [7, 11) is 0. The van der Waals surface area contributed by atoms with E-state index in [1.54, 1.807) is 6.07 Å². The maximum Gasteiger partial charge on any atom is 0.156 e. The summed E-state index contributed by atoms with van der Waals surface area (Å²) in [6, 6.07) is 1.68. The van der Waals surface area contributed by atoms with Crippen molar-refractivity contribution >= 4 is 18.4 Å². The second-order valence-electron chi connectivity index (χ2n) is 1.14. The number of thiol groups is 1. The number of rotatable bonds is 1. The highest BCUT2D eigenvalue weighted by atomic mass is 32.1. The van der Waals surface area contributed by atoms with Gasteiger partial charge in [-0.3, -0.25) is 4.79 Å². The first-order valence-corrected chi connectivity index (χ1v) is 2.28. The van der Waals surface area contributed by atoms with Gasteiger partial charge in [0.15, 0.2) is 5.78 Å². The van der Waals surface area contributed by atoms with E-state index in [0.717, 1.165) is 0 Å².